The third kappa shape index (κ3) is 3.03. The standard InChI is InChI=1S/C15H16N8/c16-9-12(14(17)18)20-19-11-6-4-10(5-7-11)15-22-21-13-3-1-2-8-23(13)15/h4-7,19H,1-3,8H2,(H3,17,18)/b20-12+. The van der Waals surface area contributed by atoms with E-state index in [1.807, 2.05) is 24.3 Å². The van der Waals surface area contributed by atoms with Gasteiger partial charge in [0, 0.05) is 18.5 Å². The third-order valence-electron chi connectivity index (χ3n) is 3.66. The Kier molecular flexibility index (Phi) is 4.01. The summed E-state index contributed by atoms with van der Waals surface area (Å²) in [4.78, 5) is 0. The number of aromatic nitrogens is 3. The van der Waals surface area contributed by atoms with Crippen LogP contribution in [0.3, 0.4) is 0 Å². The van der Waals surface area contributed by atoms with Crippen LogP contribution in [-0.4, -0.2) is 26.3 Å². The molecule has 2 heterocycles. The maximum Gasteiger partial charge on any atom is 0.201 e. The van der Waals surface area contributed by atoms with Crippen molar-refractivity contribution in [2.45, 2.75) is 25.8 Å². The topological polar surface area (TPSA) is 129 Å². The van der Waals surface area contributed by atoms with Crippen molar-refractivity contribution in [1.82, 2.24) is 14.8 Å². The zero-order valence-electron chi connectivity index (χ0n) is 12.5. The molecule has 3 rings (SSSR count). The van der Waals surface area contributed by atoms with Crippen molar-refractivity contribution in [3.8, 4) is 17.5 Å². The summed E-state index contributed by atoms with van der Waals surface area (Å²) >= 11 is 0. The van der Waals surface area contributed by atoms with Gasteiger partial charge in [-0.25, -0.2) is 0 Å². The van der Waals surface area contributed by atoms with E-state index in [2.05, 4.69) is 25.3 Å². The molecule has 0 atom stereocenters. The van der Waals surface area contributed by atoms with Crippen LogP contribution in [0.1, 0.15) is 18.7 Å². The number of rotatable bonds is 4. The van der Waals surface area contributed by atoms with Gasteiger partial charge in [-0.15, -0.1) is 10.2 Å². The number of nitrogens with two attached hydrogens (primary N) is 1. The summed E-state index contributed by atoms with van der Waals surface area (Å²) in [5.74, 6) is 1.54. The first-order valence-electron chi connectivity index (χ1n) is 7.30. The molecule has 8 heteroatoms. The second-order valence-electron chi connectivity index (χ2n) is 5.22. The Morgan fingerprint density at radius 3 is 2.78 bits per heavy atom. The number of hydrogen-bond donors (Lipinski definition) is 3. The average molecular weight is 308 g/mol. The number of fused-ring (bicyclic) bond motifs is 1. The number of amidine groups is 1. The molecule has 116 valence electrons. The van der Waals surface area contributed by atoms with Gasteiger partial charge in [0.2, 0.25) is 5.71 Å². The van der Waals surface area contributed by atoms with Gasteiger partial charge in [0.05, 0.1) is 5.69 Å². The number of nitrogens with one attached hydrogen (secondary N) is 2. The summed E-state index contributed by atoms with van der Waals surface area (Å²) in [6, 6.07) is 9.26. The minimum atomic E-state index is -0.369. The Morgan fingerprint density at radius 1 is 1.30 bits per heavy atom. The van der Waals surface area contributed by atoms with E-state index in [1.54, 1.807) is 6.07 Å². The van der Waals surface area contributed by atoms with Crippen molar-refractivity contribution >= 4 is 17.2 Å². The van der Waals surface area contributed by atoms with Gasteiger partial charge < -0.3 is 10.3 Å². The normalized spacial score (nSPS) is 14.0. The molecule has 1 aliphatic heterocycles. The molecule has 4 N–H and O–H groups in total. The van der Waals surface area contributed by atoms with Crippen LogP contribution in [0.4, 0.5) is 5.69 Å². The van der Waals surface area contributed by atoms with Crippen LogP contribution in [0.25, 0.3) is 11.4 Å². The Bertz CT molecular complexity index is 794. The predicted octanol–water partition coefficient (Wildman–Crippen LogP) is 1.51. The van der Waals surface area contributed by atoms with E-state index in [4.69, 9.17) is 16.4 Å². The second kappa shape index (κ2) is 6.27. The fourth-order valence-corrected chi connectivity index (χ4v) is 2.48. The summed E-state index contributed by atoms with van der Waals surface area (Å²) in [5.41, 5.74) is 9.47. The number of anilines is 1. The molecular formula is C15H16N8. The molecule has 23 heavy (non-hydrogen) atoms. The molecule has 0 saturated heterocycles. The van der Waals surface area contributed by atoms with Gasteiger partial charge in [0.15, 0.2) is 11.7 Å². The van der Waals surface area contributed by atoms with Gasteiger partial charge in [-0.2, -0.15) is 10.4 Å². The monoisotopic (exact) mass is 308 g/mol. The van der Waals surface area contributed by atoms with Crippen LogP contribution in [0.2, 0.25) is 0 Å². The van der Waals surface area contributed by atoms with Gasteiger partial charge in [-0.05, 0) is 37.1 Å². The summed E-state index contributed by atoms with van der Waals surface area (Å²) in [5, 5.41) is 28.3. The number of hydrazone groups is 1. The van der Waals surface area contributed by atoms with Gasteiger partial charge in [-0.1, -0.05) is 0 Å². The van der Waals surface area contributed by atoms with Crippen LogP contribution in [0.5, 0.6) is 0 Å². The van der Waals surface area contributed by atoms with Crippen molar-refractivity contribution in [2.24, 2.45) is 10.8 Å². The van der Waals surface area contributed by atoms with Crippen molar-refractivity contribution in [3.63, 3.8) is 0 Å². The highest BCUT2D eigenvalue weighted by atomic mass is 15.3. The van der Waals surface area contributed by atoms with E-state index < -0.39 is 0 Å². The molecular weight excluding hydrogens is 292 g/mol. The number of nitriles is 1. The molecule has 0 spiro atoms. The molecule has 0 fully saturated rings. The van der Waals surface area contributed by atoms with Crippen LogP contribution in [-0.2, 0) is 13.0 Å². The van der Waals surface area contributed by atoms with Gasteiger partial charge in [0.1, 0.15) is 11.9 Å². The molecule has 1 aromatic heterocycles. The SMILES string of the molecule is N#C/C(=N\Nc1ccc(-c2nnc3n2CCCC3)cc1)C(=N)N. The van der Waals surface area contributed by atoms with E-state index in [-0.39, 0.29) is 11.5 Å². The molecule has 0 unspecified atom stereocenters. The fourth-order valence-electron chi connectivity index (χ4n) is 2.48. The highest BCUT2D eigenvalue weighted by molar-refractivity contribution is 6.45. The lowest BCUT2D eigenvalue weighted by molar-refractivity contribution is 0.526. The molecule has 0 aliphatic carbocycles. The molecule has 8 nitrogen and oxygen atoms in total. The minimum absolute atomic E-state index is 0.152. The lowest BCUT2D eigenvalue weighted by Crippen LogP contribution is -2.21. The zero-order chi connectivity index (χ0) is 16.2. The summed E-state index contributed by atoms with van der Waals surface area (Å²) in [7, 11) is 0. The number of aryl methyl sites for hydroxylation is 1. The summed E-state index contributed by atoms with van der Waals surface area (Å²) < 4.78 is 2.16. The Hall–Kier alpha value is -3.21. The van der Waals surface area contributed by atoms with E-state index in [0.717, 1.165) is 43.0 Å². The highest BCUT2D eigenvalue weighted by Gasteiger charge is 2.16. The zero-order valence-corrected chi connectivity index (χ0v) is 12.5. The van der Waals surface area contributed by atoms with Crippen molar-refractivity contribution in [3.05, 3.63) is 30.1 Å². The summed E-state index contributed by atoms with van der Waals surface area (Å²) in [6.45, 7) is 0.950. The lowest BCUT2D eigenvalue weighted by atomic mass is 10.1. The first-order chi connectivity index (χ1) is 11.2. The third-order valence-corrected chi connectivity index (χ3v) is 3.66. The van der Waals surface area contributed by atoms with Gasteiger partial charge >= 0.3 is 0 Å². The van der Waals surface area contributed by atoms with E-state index >= 15 is 0 Å². The predicted molar refractivity (Wildman–Crippen MR) is 87.0 cm³/mol. The molecule has 1 aromatic carbocycles. The van der Waals surface area contributed by atoms with Crippen molar-refractivity contribution in [2.75, 3.05) is 5.43 Å². The van der Waals surface area contributed by atoms with E-state index in [9.17, 15) is 0 Å². The van der Waals surface area contributed by atoms with Gasteiger partial charge in [0.25, 0.3) is 0 Å². The molecule has 1 aliphatic rings. The van der Waals surface area contributed by atoms with Crippen LogP contribution in [0, 0.1) is 16.7 Å². The quantitative estimate of drug-likeness (QED) is 0.448. The maximum atomic E-state index is 8.80. The lowest BCUT2D eigenvalue weighted by Gasteiger charge is -2.14. The molecule has 2 aromatic rings. The highest BCUT2D eigenvalue weighted by Crippen LogP contribution is 2.24. The van der Waals surface area contributed by atoms with Crippen molar-refractivity contribution in [1.29, 1.82) is 10.7 Å². The largest absolute Gasteiger partial charge is 0.382 e. The number of benzene rings is 1. The average Bonchev–Trinajstić information content (AvgIpc) is 3.00. The Balaban J connectivity index is 1.79. The minimum Gasteiger partial charge on any atom is -0.382 e. The number of hydrogen-bond acceptors (Lipinski definition) is 6. The van der Waals surface area contributed by atoms with Crippen LogP contribution >= 0.6 is 0 Å². The Labute approximate surface area is 133 Å². The first kappa shape index (κ1) is 14.7. The van der Waals surface area contributed by atoms with Crippen molar-refractivity contribution < 1.29 is 0 Å². The molecule has 0 amide bonds. The molecule has 0 saturated carbocycles. The number of nitrogens with zero attached hydrogens (tertiary/aromatic N) is 5. The van der Waals surface area contributed by atoms with Crippen LogP contribution < -0.4 is 11.2 Å². The van der Waals surface area contributed by atoms with Crippen LogP contribution in [0.15, 0.2) is 29.4 Å². The second-order valence-corrected chi connectivity index (χ2v) is 5.22. The molecule has 0 radical (unpaired) electrons. The van der Waals surface area contributed by atoms with Gasteiger partial charge in [-0.3, -0.25) is 10.8 Å². The Morgan fingerprint density at radius 2 is 2.09 bits per heavy atom. The van der Waals surface area contributed by atoms with E-state index in [1.165, 1.54) is 0 Å². The first-order valence-corrected chi connectivity index (χ1v) is 7.30. The summed E-state index contributed by atoms with van der Waals surface area (Å²) in [6.07, 6.45) is 3.29. The fraction of sp³-hybridized carbons (Fsp3) is 0.267. The maximum absolute atomic E-state index is 8.80. The molecule has 0 bridgehead atoms. The smallest absolute Gasteiger partial charge is 0.201 e. The van der Waals surface area contributed by atoms with E-state index in [0.29, 0.717) is 5.69 Å².